The Kier molecular flexibility index (Phi) is 3.36. The number of rotatable bonds is 2. The molecule has 2 atom stereocenters. The van der Waals surface area contributed by atoms with E-state index in [1.54, 1.807) is 11.8 Å². The Hall–Kier alpha value is 0.210. The molecule has 0 spiro atoms. The molecule has 0 rings (SSSR count). The third-order valence-corrected chi connectivity index (χ3v) is 1.65. The van der Waals surface area contributed by atoms with E-state index < -0.39 is 6.10 Å². The molecule has 2 nitrogen and oxygen atoms in total. The predicted molar refractivity (Wildman–Crippen MR) is 35.0 cm³/mol. The highest BCUT2D eigenvalue weighted by atomic mass is 35.5. The molecule has 0 heterocycles. The molecule has 0 amide bonds. The van der Waals surface area contributed by atoms with Gasteiger partial charge in [-0.05, 0) is 21.0 Å². The molecule has 2 unspecified atom stereocenters. The van der Waals surface area contributed by atoms with Gasteiger partial charge in [-0.15, -0.1) is 11.6 Å². The van der Waals surface area contributed by atoms with Crippen molar-refractivity contribution >= 4 is 11.6 Å². The largest absolute Gasteiger partial charge is 0.390 e. The van der Waals surface area contributed by atoms with Crippen LogP contribution in [0.5, 0.6) is 0 Å². The number of hydrogen-bond acceptors (Lipinski definition) is 2. The first kappa shape index (κ1) is 8.21. The summed E-state index contributed by atoms with van der Waals surface area (Å²) in [4.78, 5) is 1.76. The van der Waals surface area contributed by atoms with Gasteiger partial charge >= 0.3 is 0 Å². The normalized spacial score (nSPS) is 18.8. The Morgan fingerprint density at radius 3 is 1.88 bits per heavy atom. The van der Waals surface area contributed by atoms with Gasteiger partial charge in [0.2, 0.25) is 0 Å². The quantitative estimate of drug-likeness (QED) is 0.443. The maximum absolute atomic E-state index is 8.82. The number of aliphatic hydroxyl groups excluding tert-OH is 1. The monoisotopic (exact) mass is 137 g/mol. The van der Waals surface area contributed by atoms with Gasteiger partial charge in [-0.2, -0.15) is 0 Å². The molecule has 8 heavy (non-hydrogen) atoms. The summed E-state index contributed by atoms with van der Waals surface area (Å²) in [6.07, 6.45) is -0.466. The molecule has 0 aromatic rings. The van der Waals surface area contributed by atoms with Crippen LogP contribution in [-0.2, 0) is 0 Å². The van der Waals surface area contributed by atoms with Gasteiger partial charge in [0.05, 0.1) is 6.10 Å². The Morgan fingerprint density at radius 1 is 1.50 bits per heavy atom. The number of aliphatic hydroxyl groups is 1. The lowest BCUT2D eigenvalue weighted by Crippen LogP contribution is -2.31. The van der Waals surface area contributed by atoms with Crippen molar-refractivity contribution in [3.05, 3.63) is 0 Å². The number of likely N-dealkylation sites (N-methyl/N-ethyl adjacent to an activating group) is 1. The molecule has 50 valence electrons. The minimum atomic E-state index is -0.466. The van der Waals surface area contributed by atoms with Crippen LogP contribution in [0.25, 0.3) is 0 Å². The molecule has 0 saturated carbocycles. The molecular formula is C5H12ClNO. The maximum Gasteiger partial charge on any atom is 0.110 e. The number of halogens is 1. The van der Waals surface area contributed by atoms with Crippen LogP contribution in [0.15, 0.2) is 0 Å². The van der Waals surface area contributed by atoms with E-state index in [0.29, 0.717) is 0 Å². The van der Waals surface area contributed by atoms with Crippen LogP contribution in [-0.4, -0.2) is 35.7 Å². The van der Waals surface area contributed by atoms with Gasteiger partial charge < -0.3 is 5.11 Å². The topological polar surface area (TPSA) is 23.5 Å². The van der Waals surface area contributed by atoms with Crippen LogP contribution in [0.2, 0.25) is 0 Å². The second-order valence-corrected chi connectivity index (χ2v) is 2.52. The summed E-state index contributed by atoms with van der Waals surface area (Å²) in [5.41, 5.74) is -0.269. The molecular weight excluding hydrogens is 126 g/mol. The summed E-state index contributed by atoms with van der Waals surface area (Å²) in [7, 11) is 3.65. The average molecular weight is 138 g/mol. The lowest BCUT2D eigenvalue weighted by atomic mass is 10.4. The van der Waals surface area contributed by atoms with Crippen molar-refractivity contribution in [3.63, 3.8) is 0 Å². The van der Waals surface area contributed by atoms with Crippen molar-refractivity contribution in [2.45, 2.75) is 18.5 Å². The number of nitrogens with zero attached hydrogens (tertiary/aromatic N) is 1. The van der Waals surface area contributed by atoms with Crippen LogP contribution in [0, 0.1) is 0 Å². The molecule has 0 aliphatic rings. The van der Waals surface area contributed by atoms with E-state index in [1.165, 1.54) is 0 Å². The molecule has 0 aromatic carbocycles. The number of hydrogen-bond donors (Lipinski definition) is 1. The summed E-state index contributed by atoms with van der Waals surface area (Å²) in [6.45, 7) is 1.66. The van der Waals surface area contributed by atoms with Crippen molar-refractivity contribution in [1.82, 2.24) is 4.90 Å². The molecule has 0 aromatic heterocycles. The summed E-state index contributed by atoms with van der Waals surface area (Å²) >= 11 is 5.63. The van der Waals surface area contributed by atoms with E-state index in [0.717, 1.165) is 0 Å². The van der Waals surface area contributed by atoms with Crippen LogP contribution >= 0.6 is 11.6 Å². The Morgan fingerprint density at radius 2 is 1.88 bits per heavy atom. The fourth-order valence-corrected chi connectivity index (χ4v) is 0.431. The Balaban J connectivity index is 3.46. The van der Waals surface area contributed by atoms with Crippen LogP contribution in [0.4, 0.5) is 0 Å². The summed E-state index contributed by atoms with van der Waals surface area (Å²) < 4.78 is 0. The molecule has 3 heteroatoms. The minimum absolute atomic E-state index is 0.269. The van der Waals surface area contributed by atoms with Crippen LogP contribution in [0.1, 0.15) is 6.92 Å². The van der Waals surface area contributed by atoms with Gasteiger partial charge in [-0.1, -0.05) is 0 Å². The summed E-state index contributed by atoms with van der Waals surface area (Å²) in [5, 5.41) is 8.82. The second kappa shape index (κ2) is 3.28. The van der Waals surface area contributed by atoms with Crippen molar-refractivity contribution in [2.75, 3.05) is 14.1 Å². The second-order valence-electron chi connectivity index (χ2n) is 2.08. The third-order valence-electron chi connectivity index (χ3n) is 0.891. The van der Waals surface area contributed by atoms with Gasteiger partial charge in [0.15, 0.2) is 0 Å². The van der Waals surface area contributed by atoms with E-state index >= 15 is 0 Å². The van der Waals surface area contributed by atoms with Crippen molar-refractivity contribution in [3.8, 4) is 0 Å². The van der Waals surface area contributed by atoms with Crippen molar-refractivity contribution < 1.29 is 5.11 Å². The molecule has 0 fully saturated rings. The lowest BCUT2D eigenvalue weighted by Gasteiger charge is -2.19. The zero-order valence-corrected chi connectivity index (χ0v) is 6.18. The minimum Gasteiger partial charge on any atom is -0.390 e. The van der Waals surface area contributed by atoms with E-state index in [2.05, 4.69) is 0 Å². The van der Waals surface area contributed by atoms with Gasteiger partial charge in [0.25, 0.3) is 0 Å². The number of alkyl halides is 1. The summed E-state index contributed by atoms with van der Waals surface area (Å²) in [6, 6.07) is 0. The van der Waals surface area contributed by atoms with E-state index in [9.17, 15) is 0 Å². The Labute approximate surface area is 55.1 Å². The predicted octanol–water partition coefficient (Wildman–Crippen LogP) is 0.494. The fourth-order valence-electron chi connectivity index (χ4n) is 0.431. The molecule has 0 aliphatic heterocycles. The highest BCUT2D eigenvalue weighted by Crippen LogP contribution is 2.03. The van der Waals surface area contributed by atoms with Crippen molar-refractivity contribution in [2.24, 2.45) is 0 Å². The smallest absolute Gasteiger partial charge is 0.110 e. The molecule has 1 N–H and O–H groups in total. The lowest BCUT2D eigenvalue weighted by molar-refractivity contribution is 0.133. The van der Waals surface area contributed by atoms with Gasteiger partial charge in [-0.3, -0.25) is 4.90 Å². The fraction of sp³-hybridized carbons (Fsp3) is 1.00. The summed E-state index contributed by atoms with van der Waals surface area (Å²) in [5.74, 6) is 0. The first-order valence-electron chi connectivity index (χ1n) is 2.54. The highest BCUT2D eigenvalue weighted by Gasteiger charge is 2.11. The van der Waals surface area contributed by atoms with Crippen LogP contribution in [0.3, 0.4) is 0 Å². The van der Waals surface area contributed by atoms with E-state index in [-0.39, 0.29) is 5.50 Å². The molecule has 0 saturated heterocycles. The van der Waals surface area contributed by atoms with Gasteiger partial charge in [-0.25, -0.2) is 0 Å². The van der Waals surface area contributed by atoms with E-state index in [1.807, 2.05) is 14.1 Å². The maximum atomic E-state index is 8.82. The standard InChI is InChI=1S/C5H12ClNO/c1-4(8)5(6)7(2)3/h4-5,8H,1-3H3. The van der Waals surface area contributed by atoms with Crippen molar-refractivity contribution in [1.29, 1.82) is 0 Å². The Bertz CT molecular complexity index is 57.4. The zero-order chi connectivity index (χ0) is 6.73. The van der Waals surface area contributed by atoms with Crippen LogP contribution < -0.4 is 0 Å². The SMILES string of the molecule is CC(O)C(Cl)N(C)C. The zero-order valence-electron chi connectivity index (χ0n) is 5.43. The third kappa shape index (κ3) is 2.50. The van der Waals surface area contributed by atoms with Gasteiger partial charge in [0, 0.05) is 0 Å². The molecule has 0 radical (unpaired) electrons. The van der Waals surface area contributed by atoms with E-state index in [4.69, 9.17) is 16.7 Å². The first-order chi connectivity index (χ1) is 3.55. The average Bonchev–Trinajstić information content (AvgIpc) is 1.64. The highest BCUT2D eigenvalue weighted by molar-refractivity contribution is 6.20. The molecule has 0 aliphatic carbocycles. The van der Waals surface area contributed by atoms with Gasteiger partial charge in [0.1, 0.15) is 5.50 Å². The first-order valence-corrected chi connectivity index (χ1v) is 2.98. The molecule has 0 bridgehead atoms.